The molecule has 1 aliphatic rings. The SMILES string of the molecule is CCOC(=O)CC(NC(=O)CC1COCCN1)c1ccccc1. The van der Waals surface area contributed by atoms with Crippen molar-refractivity contribution in [2.24, 2.45) is 0 Å². The molecule has 1 aromatic rings. The molecule has 1 saturated heterocycles. The number of esters is 1. The van der Waals surface area contributed by atoms with Crippen LogP contribution in [0.2, 0.25) is 0 Å². The van der Waals surface area contributed by atoms with Crippen LogP contribution in [0.25, 0.3) is 0 Å². The molecule has 0 aliphatic carbocycles. The van der Waals surface area contributed by atoms with Crippen LogP contribution in [0.4, 0.5) is 0 Å². The molecule has 0 aromatic heterocycles. The van der Waals surface area contributed by atoms with E-state index in [1.807, 2.05) is 30.3 Å². The Labute approximate surface area is 136 Å². The van der Waals surface area contributed by atoms with Crippen molar-refractivity contribution in [2.75, 3.05) is 26.4 Å². The molecule has 2 rings (SSSR count). The van der Waals surface area contributed by atoms with Crippen molar-refractivity contribution in [1.29, 1.82) is 0 Å². The number of benzene rings is 1. The fraction of sp³-hybridized carbons (Fsp3) is 0.529. The predicted molar refractivity (Wildman–Crippen MR) is 85.8 cm³/mol. The number of hydrogen-bond donors (Lipinski definition) is 2. The molecule has 126 valence electrons. The lowest BCUT2D eigenvalue weighted by Gasteiger charge is -2.25. The highest BCUT2D eigenvalue weighted by Gasteiger charge is 2.22. The molecule has 6 nitrogen and oxygen atoms in total. The van der Waals surface area contributed by atoms with Gasteiger partial charge in [0.15, 0.2) is 0 Å². The second-order valence-electron chi connectivity index (χ2n) is 5.47. The van der Waals surface area contributed by atoms with Crippen LogP contribution in [-0.2, 0) is 19.1 Å². The second kappa shape index (κ2) is 9.27. The van der Waals surface area contributed by atoms with Crippen LogP contribution in [0.5, 0.6) is 0 Å². The summed E-state index contributed by atoms with van der Waals surface area (Å²) in [6.45, 7) is 4.05. The molecule has 6 heteroatoms. The van der Waals surface area contributed by atoms with E-state index in [1.165, 1.54) is 0 Å². The van der Waals surface area contributed by atoms with E-state index in [0.29, 0.717) is 26.2 Å². The molecule has 2 N–H and O–H groups in total. The van der Waals surface area contributed by atoms with E-state index in [-0.39, 0.29) is 30.4 Å². The maximum atomic E-state index is 12.3. The Balaban J connectivity index is 1.95. The third-order valence-corrected chi connectivity index (χ3v) is 3.64. The maximum absolute atomic E-state index is 12.3. The second-order valence-corrected chi connectivity index (χ2v) is 5.47. The first kappa shape index (κ1) is 17.4. The zero-order valence-corrected chi connectivity index (χ0v) is 13.4. The van der Waals surface area contributed by atoms with Gasteiger partial charge in [0.25, 0.3) is 0 Å². The van der Waals surface area contributed by atoms with Gasteiger partial charge in [0.2, 0.25) is 5.91 Å². The first-order valence-electron chi connectivity index (χ1n) is 8.00. The highest BCUT2D eigenvalue weighted by molar-refractivity contribution is 5.78. The summed E-state index contributed by atoms with van der Waals surface area (Å²) in [5, 5.41) is 6.18. The Morgan fingerprint density at radius 1 is 1.39 bits per heavy atom. The van der Waals surface area contributed by atoms with Gasteiger partial charge in [0.1, 0.15) is 0 Å². The number of ether oxygens (including phenoxy) is 2. The summed E-state index contributed by atoms with van der Waals surface area (Å²) in [6, 6.07) is 9.09. The first-order chi connectivity index (χ1) is 11.2. The molecule has 2 unspecified atom stereocenters. The largest absolute Gasteiger partial charge is 0.466 e. The number of rotatable bonds is 7. The van der Waals surface area contributed by atoms with Gasteiger partial charge in [-0.2, -0.15) is 0 Å². The van der Waals surface area contributed by atoms with Crippen molar-refractivity contribution in [2.45, 2.75) is 31.8 Å². The van der Waals surface area contributed by atoms with Crippen LogP contribution in [-0.4, -0.2) is 44.3 Å². The molecule has 1 aliphatic heterocycles. The van der Waals surface area contributed by atoms with Crippen molar-refractivity contribution < 1.29 is 19.1 Å². The highest BCUT2D eigenvalue weighted by atomic mass is 16.5. The third-order valence-electron chi connectivity index (χ3n) is 3.64. The van der Waals surface area contributed by atoms with Gasteiger partial charge in [0, 0.05) is 19.0 Å². The molecular weight excluding hydrogens is 296 g/mol. The number of morpholine rings is 1. The van der Waals surface area contributed by atoms with Crippen LogP contribution in [0.15, 0.2) is 30.3 Å². The van der Waals surface area contributed by atoms with Gasteiger partial charge in [-0.15, -0.1) is 0 Å². The van der Waals surface area contributed by atoms with Gasteiger partial charge in [-0.25, -0.2) is 0 Å². The summed E-state index contributed by atoms with van der Waals surface area (Å²) in [7, 11) is 0. The summed E-state index contributed by atoms with van der Waals surface area (Å²) in [5.41, 5.74) is 0.891. The molecule has 2 atom stereocenters. The maximum Gasteiger partial charge on any atom is 0.308 e. The molecule has 1 fully saturated rings. The van der Waals surface area contributed by atoms with E-state index < -0.39 is 0 Å². The molecule has 1 heterocycles. The standard InChI is InChI=1S/C17H24N2O4/c1-2-23-17(21)11-15(13-6-4-3-5-7-13)19-16(20)10-14-12-22-9-8-18-14/h3-7,14-15,18H,2,8-12H2,1H3,(H,19,20). The molecule has 1 aromatic carbocycles. The first-order valence-corrected chi connectivity index (χ1v) is 8.00. The van der Waals surface area contributed by atoms with Gasteiger partial charge in [-0.3, -0.25) is 9.59 Å². The minimum atomic E-state index is -0.382. The smallest absolute Gasteiger partial charge is 0.308 e. The summed E-state index contributed by atoms with van der Waals surface area (Å²) in [4.78, 5) is 24.1. The lowest BCUT2D eigenvalue weighted by atomic mass is 10.0. The molecule has 0 saturated carbocycles. The van der Waals surface area contributed by atoms with Gasteiger partial charge < -0.3 is 20.1 Å². The van der Waals surface area contributed by atoms with E-state index in [4.69, 9.17) is 9.47 Å². The predicted octanol–water partition coefficient (Wildman–Crippen LogP) is 1.18. The van der Waals surface area contributed by atoms with Crippen molar-refractivity contribution in [3.8, 4) is 0 Å². The number of hydrogen-bond acceptors (Lipinski definition) is 5. The monoisotopic (exact) mass is 320 g/mol. The van der Waals surface area contributed by atoms with Crippen LogP contribution in [0.1, 0.15) is 31.4 Å². The van der Waals surface area contributed by atoms with Crippen LogP contribution >= 0.6 is 0 Å². The molecule has 0 radical (unpaired) electrons. The number of carbonyl (C=O) groups excluding carboxylic acids is 2. The van der Waals surface area contributed by atoms with Crippen LogP contribution in [0.3, 0.4) is 0 Å². The number of amides is 1. The third kappa shape index (κ3) is 6.00. The number of carbonyl (C=O) groups is 2. The van der Waals surface area contributed by atoms with Crippen molar-refractivity contribution in [3.63, 3.8) is 0 Å². The number of nitrogens with one attached hydrogen (secondary N) is 2. The Morgan fingerprint density at radius 2 is 2.17 bits per heavy atom. The Hall–Kier alpha value is -1.92. The van der Waals surface area contributed by atoms with Crippen molar-refractivity contribution in [3.05, 3.63) is 35.9 Å². The lowest BCUT2D eigenvalue weighted by Crippen LogP contribution is -2.44. The molecule has 1 amide bonds. The fourth-order valence-corrected chi connectivity index (χ4v) is 2.55. The minimum Gasteiger partial charge on any atom is -0.466 e. The summed E-state index contributed by atoms with van der Waals surface area (Å²) >= 11 is 0. The van der Waals surface area contributed by atoms with Crippen LogP contribution in [0, 0.1) is 0 Å². The van der Waals surface area contributed by atoms with Gasteiger partial charge in [-0.05, 0) is 12.5 Å². The van der Waals surface area contributed by atoms with Gasteiger partial charge >= 0.3 is 5.97 Å². The quantitative estimate of drug-likeness (QED) is 0.738. The molecule has 0 bridgehead atoms. The highest BCUT2D eigenvalue weighted by Crippen LogP contribution is 2.17. The average molecular weight is 320 g/mol. The topological polar surface area (TPSA) is 76.7 Å². The van der Waals surface area contributed by atoms with E-state index in [0.717, 1.165) is 12.1 Å². The van der Waals surface area contributed by atoms with Crippen LogP contribution < -0.4 is 10.6 Å². The molecule has 0 spiro atoms. The van der Waals surface area contributed by atoms with E-state index >= 15 is 0 Å². The minimum absolute atomic E-state index is 0.0165. The molecule has 23 heavy (non-hydrogen) atoms. The summed E-state index contributed by atoms with van der Waals surface area (Å²) in [5.74, 6) is -0.424. The summed E-state index contributed by atoms with van der Waals surface area (Å²) < 4.78 is 10.4. The fourth-order valence-electron chi connectivity index (χ4n) is 2.55. The molecular formula is C17H24N2O4. The van der Waals surface area contributed by atoms with E-state index in [1.54, 1.807) is 6.92 Å². The van der Waals surface area contributed by atoms with Crippen molar-refractivity contribution >= 4 is 11.9 Å². The van der Waals surface area contributed by atoms with E-state index in [9.17, 15) is 9.59 Å². The zero-order valence-electron chi connectivity index (χ0n) is 13.4. The Kier molecular flexibility index (Phi) is 7.03. The summed E-state index contributed by atoms with van der Waals surface area (Å²) in [6.07, 6.45) is 0.449. The zero-order chi connectivity index (χ0) is 16.5. The van der Waals surface area contributed by atoms with Gasteiger partial charge in [0.05, 0.1) is 32.3 Å². The Bertz CT molecular complexity index is 501. The van der Waals surface area contributed by atoms with Crippen molar-refractivity contribution in [1.82, 2.24) is 10.6 Å². The average Bonchev–Trinajstić information content (AvgIpc) is 2.56. The van der Waals surface area contributed by atoms with E-state index in [2.05, 4.69) is 10.6 Å². The Morgan fingerprint density at radius 3 is 2.83 bits per heavy atom. The van der Waals surface area contributed by atoms with Gasteiger partial charge in [-0.1, -0.05) is 30.3 Å². The lowest BCUT2D eigenvalue weighted by molar-refractivity contribution is -0.143. The normalized spacial score (nSPS) is 18.9.